The second-order valence-electron chi connectivity index (χ2n) is 6.40. The molecule has 0 spiro atoms. The maximum atomic E-state index is 13.1. The van der Waals surface area contributed by atoms with Crippen molar-refractivity contribution in [3.8, 4) is 0 Å². The van der Waals surface area contributed by atoms with E-state index in [-0.39, 0.29) is 11.2 Å². The van der Waals surface area contributed by atoms with Crippen molar-refractivity contribution in [3.05, 3.63) is 51.7 Å². The van der Waals surface area contributed by atoms with E-state index in [1.807, 2.05) is 26.1 Å². The molecule has 1 aliphatic carbocycles. The molecule has 6 heteroatoms. The first kappa shape index (κ1) is 16.9. The Morgan fingerprint density at radius 3 is 2.62 bits per heavy atom. The number of benzene rings is 1. The number of halogens is 1. The molecule has 1 aliphatic rings. The highest BCUT2D eigenvalue weighted by Crippen LogP contribution is 2.47. The van der Waals surface area contributed by atoms with Gasteiger partial charge in [-0.15, -0.1) is 11.3 Å². The molecule has 0 amide bonds. The van der Waals surface area contributed by atoms with Crippen molar-refractivity contribution in [2.24, 2.45) is 4.99 Å². The van der Waals surface area contributed by atoms with Crippen LogP contribution in [0.1, 0.15) is 29.1 Å². The maximum absolute atomic E-state index is 13.1. The summed E-state index contributed by atoms with van der Waals surface area (Å²) in [4.78, 5) is 11.0. The molecule has 3 rings (SSSR count). The highest BCUT2D eigenvalue weighted by molar-refractivity contribution is 7.09. The first-order valence-electron chi connectivity index (χ1n) is 8.11. The van der Waals surface area contributed by atoms with Gasteiger partial charge in [0.05, 0.1) is 17.2 Å². The van der Waals surface area contributed by atoms with E-state index in [9.17, 15) is 4.39 Å². The Morgan fingerprint density at radius 1 is 1.38 bits per heavy atom. The third-order valence-corrected chi connectivity index (χ3v) is 5.36. The molecule has 1 aromatic heterocycles. The number of guanidine groups is 1. The van der Waals surface area contributed by atoms with Crippen LogP contribution >= 0.6 is 11.3 Å². The Balaban J connectivity index is 1.60. The lowest BCUT2D eigenvalue weighted by molar-refractivity contribution is 0.464. The van der Waals surface area contributed by atoms with Crippen LogP contribution in [0.3, 0.4) is 0 Å². The molecule has 24 heavy (non-hydrogen) atoms. The van der Waals surface area contributed by atoms with E-state index in [1.54, 1.807) is 30.5 Å². The topological polar surface area (TPSA) is 40.5 Å². The summed E-state index contributed by atoms with van der Waals surface area (Å²) in [5, 5.41) is 6.63. The highest BCUT2D eigenvalue weighted by Gasteiger charge is 2.44. The van der Waals surface area contributed by atoms with Crippen molar-refractivity contribution in [3.63, 3.8) is 0 Å². The van der Waals surface area contributed by atoms with Gasteiger partial charge in [-0.2, -0.15) is 0 Å². The minimum atomic E-state index is -0.184. The van der Waals surface area contributed by atoms with Crippen LogP contribution in [0.25, 0.3) is 0 Å². The van der Waals surface area contributed by atoms with Crippen LogP contribution in [-0.2, 0) is 12.0 Å². The minimum Gasteiger partial charge on any atom is -0.355 e. The Morgan fingerprint density at radius 2 is 2.08 bits per heavy atom. The third-order valence-electron chi connectivity index (χ3n) is 4.53. The number of thiazole rings is 1. The molecule has 1 aromatic carbocycles. The average Bonchev–Trinajstić information content (AvgIpc) is 3.24. The summed E-state index contributed by atoms with van der Waals surface area (Å²) in [5.41, 5.74) is 2.37. The second-order valence-corrected chi connectivity index (χ2v) is 7.46. The molecule has 1 heterocycles. The first-order chi connectivity index (χ1) is 11.5. The summed E-state index contributed by atoms with van der Waals surface area (Å²) in [7, 11) is 3.81. The number of hydrogen-bond donors (Lipinski definition) is 1. The van der Waals surface area contributed by atoms with E-state index < -0.39 is 0 Å². The van der Waals surface area contributed by atoms with Gasteiger partial charge in [0.2, 0.25) is 0 Å². The van der Waals surface area contributed by atoms with Crippen molar-refractivity contribution >= 4 is 17.3 Å². The average molecular weight is 346 g/mol. The lowest BCUT2D eigenvalue weighted by atomic mass is 9.96. The zero-order chi connectivity index (χ0) is 17.2. The summed E-state index contributed by atoms with van der Waals surface area (Å²) in [6.07, 6.45) is 2.25. The fourth-order valence-electron chi connectivity index (χ4n) is 2.95. The van der Waals surface area contributed by atoms with Crippen LogP contribution in [0.4, 0.5) is 4.39 Å². The molecular weight excluding hydrogens is 323 g/mol. The summed E-state index contributed by atoms with van der Waals surface area (Å²) in [6.45, 7) is 3.56. The van der Waals surface area contributed by atoms with Crippen LogP contribution < -0.4 is 5.32 Å². The van der Waals surface area contributed by atoms with Crippen molar-refractivity contribution in [1.82, 2.24) is 15.2 Å². The van der Waals surface area contributed by atoms with Gasteiger partial charge >= 0.3 is 0 Å². The Kier molecular flexibility index (Phi) is 4.85. The van der Waals surface area contributed by atoms with Crippen LogP contribution in [0.15, 0.2) is 34.6 Å². The summed E-state index contributed by atoms with van der Waals surface area (Å²) in [6, 6.07) is 6.88. The molecule has 1 N–H and O–H groups in total. The summed E-state index contributed by atoms with van der Waals surface area (Å²) >= 11 is 1.66. The molecule has 0 atom stereocenters. The first-order valence-corrected chi connectivity index (χ1v) is 8.99. The summed E-state index contributed by atoms with van der Waals surface area (Å²) in [5.74, 6) is 0.672. The predicted octanol–water partition coefficient (Wildman–Crippen LogP) is 3.33. The van der Waals surface area contributed by atoms with Crippen LogP contribution in [0.2, 0.25) is 0 Å². The molecule has 128 valence electrons. The van der Waals surface area contributed by atoms with Gasteiger partial charge in [0, 0.05) is 31.4 Å². The van der Waals surface area contributed by atoms with Crippen molar-refractivity contribution < 1.29 is 4.39 Å². The molecule has 1 saturated carbocycles. The van der Waals surface area contributed by atoms with Crippen LogP contribution in [-0.4, -0.2) is 36.5 Å². The molecular formula is C18H23FN4S. The maximum Gasteiger partial charge on any atom is 0.193 e. The number of aliphatic imine (C=N–C) groups is 1. The number of rotatable bonds is 5. The summed E-state index contributed by atoms with van der Waals surface area (Å²) < 4.78 is 13.1. The molecule has 2 aromatic rings. The zero-order valence-corrected chi connectivity index (χ0v) is 15.2. The number of nitrogens with one attached hydrogen (secondary N) is 1. The van der Waals surface area contributed by atoms with Gasteiger partial charge in [0.1, 0.15) is 5.82 Å². The second kappa shape index (κ2) is 6.89. The SMILES string of the molecule is CN=C(NCC1(c2ccc(F)cc2)CC1)N(C)Cc1csc(C)n1. The molecule has 0 bridgehead atoms. The minimum absolute atomic E-state index is 0.113. The Hall–Kier alpha value is -1.95. The van der Waals surface area contributed by atoms with Crippen molar-refractivity contribution in [1.29, 1.82) is 0 Å². The van der Waals surface area contributed by atoms with E-state index >= 15 is 0 Å². The van der Waals surface area contributed by atoms with Gasteiger partial charge in [-0.25, -0.2) is 9.37 Å². The van der Waals surface area contributed by atoms with E-state index in [1.165, 1.54) is 5.56 Å². The van der Waals surface area contributed by atoms with Crippen molar-refractivity contribution in [2.45, 2.75) is 31.7 Å². The van der Waals surface area contributed by atoms with Gasteiger partial charge in [-0.3, -0.25) is 4.99 Å². The third kappa shape index (κ3) is 3.75. The molecule has 0 aliphatic heterocycles. The number of hydrogen-bond acceptors (Lipinski definition) is 3. The normalized spacial score (nSPS) is 16.1. The predicted molar refractivity (Wildman–Crippen MR) is 97.0 cm³/mol. The Labute approximate surface area is 146 Å². The zero-order valence-electron chi connectivity index (χ0n) is 14.3. The van der Waals surface area contributed by atoms with E-state index in [2.05, 4.69) is 25.6 Å². The smallest absolute Gasteiger partial charge is 0.193 e. The molecule has 0 saturated heterocycles. The van der Waals surface area contributed by atoms with Crippen LogP contribution in [0.5, 0.6) is 0 Å². The lowest BCUT2D eigenvalue weighted by Crippen LogP contribution is -2.42. The Bertz CT molecular complexity index is 719. The fourth-order valence-corrected chi connectivity index (χ4v) is 3.56. The highest BCUT2D eigenvalue weighted by atomic mass is 32.1. The molecule has 1 fully saturated rings. The van der Waals surface area contributed by atoms with Gasteiger partial charge in [-0.05, 0) is 37.5 Å². The molecule has 0 radical (unpaired) electrons. The van der Waals surface area contributed by atoms with Gasteiger partial charge in [0.15, 0.2) is 5.96 Å². The largest absolute Gasteiger partial charge is 0.355 e. The van der Waals surface area contributed by atoms with E-state index in [4.69, 9.17) is 0 Å². The number of aromatic nitrogens is 1. The molecule has 4 nitrogen and oxygen atoms in total. The quantitative estimate of drug-likeness (QED) is 0.667. The van der Waals surface area contributed by atoms with E-state index in [0.29, 0.717) is 0 Å². The number of aryl methyl sites for hydroxylation is 1. The lowest BCUT2D eigenvalue weighted by Gasteiger charge is -2.24. The van der Waals surface area contributed by atoms with Crippen molar-refractivity contribution in [2.75, 3.05) is 20.6 Å². The number of nitrogens with zero attached hydrogens (tertiary/aromatic N) is 3. The van der Waals surface area contributed by atoms with Gasteiger partial charge < -0.3 is 10.2 Å². The fraction of sp³-hybridized carbons (Fsp3) is 0.444. The van der Waals surface area contributed by atoms with E-state index in [0.717, 1.165) is 42.6 Å². The molecule has 0 unspecified atom stereocenters. The standard InChI is InChI=1S/C18H23FN4S/c1-13-22-16(11-24-13)10-23(3)17(20-2)21-12-18(8-9-18)14-4-6-15(19)7-5-14/h4-7,11H,8-10,12H2,1-3H3,(H,20,21). The van der Waals surface area contributed by atoms with Gasteiger partial charge in [-0.1, -0.05) is 12.1 Å². The monoisotopic (exact) mass is 346 g/mol. The van der Waals surface area contributed by atoms with Crippen LogP contribution in [0, 0.1) is 12.7 Å². The van der Waals surface area contributed by atoms with Gasteiger partial charge in [0.25, 0.3) is 0 Å².